The number of nitrogens with zero attached hydrogens (tertiary/aromatic N) is 1. The highest BCUT2D eigenvalue weighted by Gasteiger charge is 2.37. The van der Waals surface area contributed by atoms with Crippen LogP contribution in [0.4, 0.5) is 5.00 Å². The van der Waals surface area contributed by atoms with Crippen LogP contribution >= 0.6 is 11.3 Å². The summed E-state index contributed by atoms with van der Waals surface area (Å²) in [6, 6.07) is 9.68. The first kappa shape index (κ1) is 17.5. The topological polar surface area (TPSA) is 55.7 Å². The molecule has 0 amide bonds. The first-order chi connectivity index (χ1) is 11.9. The number of hydrogen-bond acceptors (Lipinski definition) is 5. The Kier molecular flexibility index (Phi) is 4.86. The van der Waals surface area contributed by atoms with Crippen molar-refractivity contribution in [3.63, 3.8) is 0 Å². The SMILES string of the molecule is CCOC(=O)c1c(/N=C/c2ccccc2)sc2c1CC(C)(C)CC2=O. The number of carbonyl (C=O) groups is 2. The summed E-state index contributed by atoms with van der Waals surface area (Å²) in [5.41, 5.74) is 2.03. The molecule has 0 atom stereocenters. The van der Waals surface area contributed by atoms with Gasteiger partial charge < -0.3 is 4.74 Å². The number of ether oxygens (including phenoxy) is 1. The van der Waals surface area contributed by atoms with Crippen LogP contribution in [0.2, 0.25) is 0 Å². The van der Waals surface area contributed by atoms with E-state index in [0.29, 0.717) is 34.9 Å². The molecule has 0 N–H and O–H groups in total. The second-order valence-corrected chi connectivity index (χ2v) is 7.92. The number of ketones is 1. The predicted octanol–water partition coefficient (Wildman–Crippen LogP) is 4.83. The van der Waals surface area contributed by atoms with Crippen molar-refractivity contribution < 1.29 is 14.3 Å². The fourth-order valence-corrected chi connectivity index (χ4v) is 4.17. The Morgan fingerprint density at radius 2 is 2.00 bits per heavy atom. The molecule has 0 saturated carbocycles. The molecule has 0 fully saturated rings. The maximum atomic E-state index is 12.5. The number of hydrogen-bond donors (Lipinski definition) is 0. The lowest BCUT2D eigenvalue weighted by Crippen LogP contribution is -2.27. The number of carbonyl (C=O) groups excluding carboxylic acids is 2. The van der Waals surface area contributed by atoms with Crippen LogP contribution in [0.15, 0.2) is 35.3 Å². The van der Waals surface area contributed by atoms with Crippen molar-refractivity contribution in [1.29, 1.82) is 0 Å². The van der Waals surface area contributed by atoms with Crippen molar-refractivity contribution in [3.8, 4) is 0 Å². The van der Waals surface area contributed by atoms with Gasteiger partial charge in [-0.1, -0.05) is 44.2 Å². The number of aliphatic imine (C=N–C) groups is 1. The molecule has 4 nitrogen and oxygen atoms in total. The van der Waals surface area contributed by atoms with Gasteiger partial charge in [0, 0.05) is 12.6 Å². The number of fused-ring (bicyclic) bond motifs is 1. The molecule has 2 aromatic rings. The van der Waals surface area contributed by atoms with Crippen LogP contribution in [0.3, 0.4) is 0 Å². The quantitative estimate of drug-likeness (QED) is 0.583. The Hall–Kier alpha value is -2.27. The van der Waals surface area contributed by atoms with E-state index in [4.69, 9.17) is 4.74 Å². The minimum absolute atomic E-state index is 0.0861. The third-order valence-corrected chi connectivity index (χ3v) is 5.33. The van der Waals surface area contributed by atoms with Gasteiger partial charge in [0.05, 0.1) is 11.5 Å². The fourth-order valence-electron chi connectivity index (χ4n) is 3.08. The number of benzene rings is 1. The molecule has 25 heavy (non-hydrogen) atoms. The number of thiophene rings is 1. The average molecular weight is 355 g/mol. The molecule has 1 aliphatic carbocycles. The maximum absolute atomic E-state index is 12.5. The number of esters is 1. The van der Waals surface area contributed by atoms with Crippen LogP contribution in [-0.4, -0.2) is 24.6 Å². The van der Waals surface area contributed by atoms with E-state index in [1.165, 1.54) is 11.3 Å². The third kappa shape index (κ3) is 3.71. The summed E-state index contributed by atoms with van der Waals surface area (Å²) in [5, 5.41) is 0.554. The van der Waals surface area contributed by atoms with E-state index in [9.17, 15) is 9.59 Å². The van der Waals surface area contributed by atoms with E-state index in [-0.39, 0.29) is 11.2 Å². The summed E-state index contributed by atoms with van der Waals surface area (Å²) >= 11 is 1.30. The van der Waals surface area contributed by atoms with Gasteiger partial charge in [-0.25, -0.2) is 9.79 Å². The Morgan fingerprint density at radius 3 is 2.68 bits per heavy atom. The lowest BCUT2D eigenvalue weighted by Gasteiger charge is -2.28. The minimum atomic E-state index is -0.397. The predicted molar refractivity (Wildman–Crippen MR) is 100 cm³/mol. The molecule has 0 bridgehead atoms. The molecular weight excluding hydrogens is 334 g/mol. The van der Waals surface area contributed by atoms with Gasteiger partial charge in [-0.15, -0.1) is 11.3 Å². The number of Topliss-reactive ketones (excluding diaryl/α,β-unsaturated/α-hetero) is 1. The summed E-state index contributed by atoms with van der Waals surface area (Å²) in [7, 11) is 0. The van der Waals surface area contributed by atoms with Gasteiger partial charge >= 0.3 is 5.97 Å². The van der Waals surface area contributed by atoms with Crippen LogP contribution in [0.25, 0.3) is 0 Å². The van der Waals surface area contributed by atoms with Crippen molar-refractivity contribution in [2.24, 2.45) is 10.4 Å². The smallest absolute Gasteiger partial charge is 0.341 e. The minimum Gasteiger partial charge on any atom is -0.462 e. The molecule has 130 valence electrons. The highest BCUT2D eigenvalue weighted by Crippen LogP contribution is 2.45. The second-order valence-electron chi connectivity index (χ2n) is 6.92. The van der Waals surface area contributed by atoms with E-state index in [0.717, 1.165) is 11.1 Å². The highest BCUT2D eigenvalue weighted by molar-refractivity contribution is 7.18. The highest BCUT2D eigenvalue weighted by atomic mass is 32.1. The maximum Gasteiger partial charge on any atom is 0.341 e. The molecule has 0 radical (unpaired) electrons. The molecule has 0 saturated heterocycles. The Morgan fingerprint density at radius 1 is 1.28 bits per heavy atom. The van der Waals surface area contributed by atoms with E-state index in [2.05, 4.69) is 4.99 Å². The van der Waals surface area contributed by atoms with Crippen LogP contribution in [0, 0.1) is 5.41 Å². The summed E-state index contributed by atoms with van der Waals surface area (Å²) in [4.78, 5) is 30.2. The standard InChI is InChI=1S/C20H21NO3S/c1-4-24-19(23)16-14-10-20(2,3)11-15(22)17(14)25-18(16)21-12-13-8-6-5-7-9-13/h5-9,12H,4,10-11H2,1-3H3/b21-12+. The molecule has 1 aromatic heterocycles. The van der Waals surface area contributed by atoms with Crippen molar-refractivity contribution in [2.45, 2.75) is 33.6 Å². The molecule has 1 aliphatic rings. The Labute approximate surface area is 151 Å². The van der Waals surface area contributed by atoms with Gasteiger partial charge in [0.1, 0.15) is 10.6 Å². The molecule has 1 aromatic carbocycles. The summed E-state index contributed by atoms with van der Waals surface area (Å²) in [6.07, 6.45) is 2.89. The van der Waals surface area contributed by atoms with Crippen molar-refractivity contribution in [1.82, 2.24) is 0 Å². The lowest BCUT2D eigenvalue weighted by atomic mass is 9.75. The zero-order chi connectivity index (χ0) is 18.0. The number of rotatable bonds is 4. The third-order valence-electron chi connectivity index (χ3n) is 4.15. The molecule has 1 heterocycles. The lowest BCUT2D eigenvalue weighted by molar-refractivity contribution is 0.0526. The molecule has 3 rings (SSSR count). The second kappa shape index (κ2) is 6.92. The molecule has 5 heteroatoms. The van der Waals surface area contributed by atoms with Crippen LogP contribution in [0.5, 0.6) is 0 Å². The largest absolute Gasteiger partial charge is 0.462 e. The van der Waals surface area contributed by atoms with Gasteiger partial charge in [0.25, 0.3) is 0 Å². The van der Waals surface area contributed by atoms with E-state index < -0.39 is 5.97 Å². The molecule has 0 unspecified atom stereocenters. The van der Waals surface area contributed by atoms with Crippen molar-refractivity contribution >= 4 is 34.3 Å². The normalized spacial score (nSPS) is 16.0. The molecule has 0 spiro atoms. The first-order valence-electron chi connectivity index (χ1n) is 8.36. The zero-order valence-corrected chi connectivity index (χ0v) is 15.5. The van der Waals surface area contributed by atoms with Gasteiger partial charge in [0.15, 0.2) is 5.78 Å². The van der Waals surface area contributed by atoms with E-state index in [1.54, 1.807) is 13.1 Å². The van der Waals surface area contributed by atoms with Crippen LogP contribution in [-0.2, 0) is 11.2 Å². The summed E-state index contributed by atoms with van der Waals surface area (Å²) in [6.45, 7) is 6.17. The van der Waals surface area contributed by atoms with E-state index >= 15 is 0 Å². The summed E-state index contributed by atoms with van der Waals surface area (Å²) in [5.74, 6) is -0.311. The van der Waals surface area contributed by atoms with Crippen LogP contribution < -0.4 is 0 Å². The van der Waals surface area contributed by atoms with Gasteiger partial charge in [-0.05, 0) is 29.9 Å². The van der Waals surface area contributed by atoms with Gasteiger partial charge in [-0.3, -0.25) is 4.79 Å². The van der Waals surface area contributed by atoms with Crippen molar-refractivity contribution in [3.05, 3.63) is 51.9 Å². The fraction of sp³-hybridized carbons (Fsp3) is 0.350. The van der Waals surface area contributed by atoms with Crippen LogP contribution in [0.1, 0.15) is 58.3 Å². The molecule has 0 aliphatic heterocycles. The average Bonchev–Trinajstić information content (AvgIpc) is 2.91. The van der Waals surface area contributed by atoms with Gasteiger partial charge in [0.2, 0.25) is 0 Å². The monoisotopic (exact) mass is 355 g/mol. The zero-order valence-electron chi connectivity index (χ0n) is 14.7. The van der Waals surface area contributed by atoms with Crippen molar-refractivity contribution in [2.75, 3.05) is 6.61 Å². The Bertz CT molecular complexity index is 834. The Balaban J connectivity index is 2.07. The first-order valence-corrected chi connectivity index (χ1v) is 9.18. The molecular formula is C20H21NO3S. The summed E-state index contributed by atoms with van der Waals surface area (Å²) < 4.78 is 5.23. The van der Waals surface area contributed by atoms with E-state index in [1.807, 2.05) is 44.2 Å². The van der Waals surface area contributed by atoms with Gasteiger partial charge in [-0.2, -0.15) is 0 Å².